The van der Waals surface area contributed by atoms with Gasteiger partial charge in [-0.3, -0.25) is 4.79 Å². The van der Waals surface area contributed by atoms with Crippen molar-refractivity contribution in [1.82, 2.24) is 0 Å². The number of carbonyl (C=O) groups is 2. The molecule has 2 aromatic rings. The van der Waals surface area contributed by atoms with Gasteiger partial charge in [0.1, 0.15) is 0 Å². The average molecular weight is 312 g/mol. The number of anilines is 2. The third-order valence-electron chi connectivity index (χ3n) is 3.64. The summed E-state index contributed by atoms with van der Waals surface area (Å²) in [4.78, 5) is 27.9. The maximum Gasteiger partial charge on any atom is 0.336 e. The fourth-order valence-electron chi connectivity index (χ4n) is 2.25. The molecule has 120 valence electrons. The number of carbonyl (C=O) groups excluding carboxylic acids is 1. The van der Waals surface area contributed by atoms with Crippen LogP contribution in [-0.4, -0.2) is 45.0 Å². The largest absolute Gasteiger partial charge is 0.478 e. The van der Waals surface area contributed by atoms with Crippen molar-refractivity contribution < 1.29 is 14.7 Å². The molecule has 0 unspecified atom stereocenters. The van der Waals surface area contributed by atoms with Crippen molar-refractivity contribution in [2.75, 3.05) is 38.0 Å². The molecule has 0 fully saturated rings. The van der Waals surface area contributed by atoms with Crippen molar-refractivity contribution >= 4 is 23.1 Å². The molecule has 0 aliphatic heterocycles. The first-order chi connectivity index (χ1) is 10.8. The Labute approximate surface area is 135 Å². The zero-order chi connectivity index (χ0) is 17.1. The smallest absolute Gasteiger partial charge is 0.336 e. The van der Waals surface area contributed by atoms with E-state index in [1.807, 2.05) is 50.1 Å². The summed E-state index contributed by atoms with van der Waals surface area (Å²) in [5.74, 6) is -1.40. The van der Waals surface area contributed by atoms with Gasteiger partial charge < -0.3 is 14.9 Å². The Morgan fingerprint density at radius 3 is 1.78 bits per heavy atom. The van der Waals surface area contributed by atoms with E-state index < -0.39 is 5.97 Å². The molecule has 0 heterocycles. The molecule has 0 aliphatic carbocycles. The lowest BCUT2D eigenvalue weighted by Gasteiger charge is -2.15. The molecule has 2 rings (SSSR count). The third-order valence-corrected chi connectivity index (χ3v) is 3.64. The molecule has 5 heteroatoms. The van der Waals surface area contributed by atoms with Crippen LogP contribution < -0.4 is 9.80 Å². The minimum Gasteiger partial charge on any atom is -0.478 e. The molecule has 0 radical (unpaired) electrons. The predicted octanol–water partition coefficient (Wildman–Crippen LogP) is 2.75. The highest BCUT2D eigenvalue weighted by Gasteiger charge is 2.19. The van der Waals surface area contributed by atoms with Crippen molar-refractivity contribution in [3.05, 3.63) is 59.2 Å². The highest BCUT2D eigenvalue weighted by Crippen LogP contribution is 2.22. The Kier molecular flexibility index (Phi) is 4.69. The number of carboxylic acid groups (broad SMARTS) is 1. The van der Waals surface area contributed by atoms with Gasteiger partial charge >= 0.3 is 5.97 Å². The lowest BCUT2D eigenvalue weighted by molar-refractivity contribution is 0.0693. The first kappa shape index (κ1) is 16.5. The third kappa shape index (κ3) is 3.51. The van der Waals surface area contributed by atoms with E-state index in [2.05, 4.69) is 0 Å². The Morgan fingerprint density at radius 1 is 0.783 bits per heavy atom. The minimum atomic E-state index is -1.11. The molecular formula is C18H20N2O3. The van der Waals surface area contributed by atoms with Crippen LogP contribution in [0, 0.1) is 0 Å². The van der Waals surface area contributed by atoms with Gasteiger partial charge in [-0.05, 0) is 42.5 Å². The van der Waals surface area contributed by atoms with Crippen LogP contribution in [0.15, 0.2) is 42.5 Å². The summed E-state index contributed by atoms with van der Waals surface area (Å²) in [6, 6.07) is 11.9. The second-order valence-electron chi connectivity index (χ2n) is 5.70. The monoisotopic (exact) mass is 312 g/mol. The van der Waals surface area contributed by atoms with Gasteiger partial charge in [0.15, 0.2) is 5.78 Å². The Balaban J connectivity index is 2.48. The zero-order valence-electron chi connectivity index (χ0n) is 13.7. The number of rotatable bonds is 5. The Morgan fingerprint density at radius 2 is 1.30 bits per heavy atom. The van der Waals surface area contributed by atoms with Gasteiger partial charge in [-0.1, -0.05) is 0 Å². The maximum atomic E-state index is 12.7. The quantitative estimate of drug-likeness (QED) is 0.860. The van der Waals surface area contributed by atoms with E-state index in [-0.39, 0.29) is 16.9 Å². The summed E-state index contributed by atoms with van der Waals surface area (Å²) >= 11 is 0. The topological polar surface area (TPSA) is 60.9 Å². The van der Waals surface area contributed by atoms with Crippen molar-refractivity contribution in [1.29, 1.82) is 0 Å². The van der Waals surface area contributed by atoms with Crippen molar-refractivity contribution in [3.8, 4) is 0 Å². The zero-order valence-corrected chi connectivity index (χ0v) is 13.7. The summed E-state index contributed by atoms with van der Waals surface area (Å²) in [5.41, 5.74) is 2.43. The van der Waals surface area contributed by atoms with Crippen LogP contribution in [0.5, 0.6) is 0 Å². The highest BCUT2D eigenvalue weighted by atomic mass is 16.4. The summed E-state index contributed by atoms with van der Waals surface area (Å²) < 4.78 is 0. The second kappa shape index (κ2) is 6.52. The number of carboxylic acids is 1. The fraction of sp³-hybridized carbons (Fsp3) is 0.222. The first-order valence-electron chi connectivity index (χ1n) is 7.18. The molecule has 0 aromatic heterocycles. The van der Waals surface area contributed by atoms with Crippen LogP contribution in [0.2, 0.25) is 0 Å². The standard InChI is InChI=1S/C18H20N2O3/c1-19(2)13-7-5-12(6-8-13)17(21)16-11-14(20(3)4)9-10-15(16)18(22)23/h5-11H,1-4H3,(H,22,23). The number of hydrogen-bond acceptors (Lipinski definition) is 4. The first-order valence-corrected chi connectivity index (χ1v) is 7.18. The van der Waals surface area contributed by atoms with Crippen molar-refractivity contribution in [3.63, 3.8) is 0 Å². The van der Waals surface area contributed by atoms with E-state index in [0.717, 1.165) is 11.4 Å². The van der Waals surface area contributed by atoms with E-state index in [1.165, 1.54) is 6.07 Å². The predicted molar refractivity (Wildman–Crippen MR) is 91.9 cm³/mol. The molecule has 0 amide bonds. The number of hydrogen-bond donors (Lipinski definition) is 1. The maximum absolute atomic E-state index is 12.7. The average Bonchev–Trinajstić information content (AvgIpc) is 2.53. The van der Waals surface area contributed by atoms with Gasteiger partial charge in [0, 0.05) is 50.7 Å². The molecule has 0 bridgehead atoms. The molecule has 0 saturated carbocycles. The van der Waals surface area contributed by atoms with E-state index in [1.54, 1.807) is 24.3 Å². The van der Waals surface area contributed by atoms with E-state index in [4.69, 9.17) is 0 Å². The number of ketones is 1. The van der Waals surface area contributed by atoms with Crippen molar-refractivity contribution in [2.45, 2.75) is 0 Å². The summed E-state index contributed by atoms with van der Waals surface area (Å²) in [6.07, 6.45) is 0. The molecule has 0 spiro atoms. The molecular weight excluding hydrogens is 292 g/mol. The van der Waals surface area contributed by atoms with Gasteiger partial charge in [0.2, 0.25) is 0 Å². The van der Waals surface area contributed by atoms with E-state index >= 15 is 0 Å². The molecule has 0 atom stereocenters. The van der Waals surface area contributed by atoms with Gasteiger partial charge in [-0.2, -0.15) is 0 Å². The number of benzene rings is 2. The van der Waals surface area contributed by atoms with Crippen LogP contribution in [0.25, 0.3) is 0 Å². The van der Waals surface area contributed by atoms with Crippen molar-refractivity contribution in [2.24, 2.45) is 0 Å². The van der Waals surface area contributed by atoms with Crippen LogP contribution >= 0.6 is 0 Å². The number of nitrogens with zero attached hydrogens (tertiary/aromatic N) is 2. The second-order valence-corrected chi connectivity index (χ2v) is 5.70. The molecule has 0 aliphatic rings. The molecule has 2 aromatic carbocycles. The molecule has 0 saturated heterocycles. The Bertz CT molecular complexity index is 734. The van der Waals surface area contributed by atoms with E-state index in [0.29, 0.717) is 5.56 Å². The SMILES string of the molecule is CN(C)c1ccc(C(=O)c2cc(N(C)C)ccc2C(=O)O)cc1. The normalized spacial score (nSPS) is 10.3. The van der Waals surface area contributed by atoms with Gasteiger partial charge in [0.25, 0.3) is 0 Å². The van der Waals surface area contributed by atoms with Gasteiger partial charge in [0.05, 0.1) is 5.56 Å². The lowest BCUT2D eigenvalue weighted by atomic mass is 9.97. The summed E-state index contributed by atoms with van der Waals surface area (Å²) in [5, 5.41) is 9.34. The lowest BCUT2D eigenvalue weighted by Crippen LogP contribution is -2.14. The highest BCUT2D eigenvalue weighted by molar-refractivity contribution is 6.14. The van der Waals surface area contributed by atoms with Crippen LogP contribution in [0.3, 0.4) is 0 Å². The Hall–Kier alpha value is -2.82. The fourth-order valence-corrected chi connectivity index (χ4v) is 2.25. The molecule has 1 N–H and O–H groups in total. The number of aromatic carboxylic acids is 1. The molecule has 23 heavy (non-hydrogen) atoms. The van der Waals surface area contributed by atoms with Crippen LogP contribution in [-0.2, 0) is 0 Å². The van der Waals surface area contributed by atoms with Gasteiger partial charge in [-0.25, -0.2) is 4.79 Å². The molecule has 5 nitrogen and oxygen atoms in total. The van der Waals surface area contributed by atoms with Gasteiger partial charge in [-0.15, -0.1) is 0 Å². The van der Waals surface area contributed by atoms with Crippen LogP contribution in [0.1, 0.15) is 26.3 Å². The summed E-state index contributed by atoms with van der Waals surface area (Å²) in [6.45, 7) is 0. The van der Waals surface area contributed by atoms with E-state index in [9.17, 15) is 14.7 Å². The minimum absolute atomic E-state index is 0.0114. The van der Waals surface area contributed by atoms with Crippen LogP contribution in [0.4, 0.5) is 11.4 Å². The summed E-state index contributed by atoms with van der Waals surface area (Å²) in [7, 11) is 7.52.